The molecule has 0 atom stereocenters. The summed E-state index contributed by atoms with van der Waals surface area (Å²) < 4.78 is 5.53. The quantitative estimate of drug-likeness (QED) is 0.575. The largest absolute Gasteiger partial charge is 0.476 e. The molecular weight excluding hydrogens is 372 g/mol. The minimum Gasteiger partial charge on any atom is -0.476 e. The first-order chi connectivity index (χ1) is 14.8. The molecule has 0 amide bonds. The Balaban J connectivity index is 1.30. The molecule has 1 fully saturated rings. The lowest BCUT2D eigenvalue weighted by molar-refractivity contribution is 0.112. The van der Waals surface area contributed by atoms with Gasteiger partial charge in [0.15, 0.2) is 6.29 Å². The van der Waals surface area contributed by atoms with E-state index in [2.05, 4.69) is 58.4 Å². The number of aldehydes is 1. The van der Waals surface area contributed by atoms with Crippen LogP contribution in [-0.2, 0) is 4.74 Å². The van der Waals surface area contributed by atoms with E-state index in [9.17, 15) is 4.79 Å². The van der Waals surface area contributed by atoms with Gasteiger partial charge in [-0.25, -0.2) is 4.99 Å². The van der Waals surface area contributed by atoms with Gasteiger partial charge in [-0.2, -0.15) is 0 Å². The van der Waals surface area contributed by atoms with Crippen LogP contribution < -0.4 is 4.90 Å². The first kappa shape index (κ1) is 18.6. The third-order valence-corrected chi connectivity index (χ3v) is 5.93. The molecule has 1 saturated heterocycles. The summed E-state index contributed by atoms with van der Waals surface area (Å²) in [7, 11) is 0. The molecule has 4 nitrogen and oxygen atoms in total. The van der Waals surface area contributed by atoms with Crippen molar-refractivity contribution in [2.75, 3.05) is 31.1 Å². The van der Waals surface area contributed by atoms with Crippen molar-refractivity contribution < 1.29 is 9.53 Å². The fourth-order valence-electron chi connectivity index (χ4n) is 4.33. The fraction of sp³-hybridized carbons (Fsp3) is 0.231. The molecule has 4 heteroatoms. The SMILES string of the molecule is O=Cc1c(N2CCC(=Cc3ccc(C4=NCCO4)cc3)CC2)ccc2ccccc12. The standard InChI is InChI=1S/C26H24N2O2/c29-18-24-23-4-2-1-3-21(23)9-10-25(24)28-14-11-20(12-15-28)17-19-5-7-22(8-6-19)26-27-13-16-30-26/h1-10,17-18H,11-16H2. The van der Waals surface area contributed by atoms with Gasteiger partial charge in [0.1, 0.15) is 6.61 Å². The smallest absolute Gasteiger partial charge is 0.216 e. The van der Waals surface area contributed by atoms with E-state index in [0.717, 1.165) is 72.2 Å². The highest BCUT2D eigenvalue weighted by Gasteiger charge is 2.18. The molecule has 0 aliphatic carbocycles. The average Bonchev–Trinajstić information content (AvgIpc) is 3.34. The molecule has 2 aliphatic rings. The minimum atomic E-state index is 0.681. The monoisotopic (exact) mass is 396 g/mol. The number of nitrogens with zero attached hydrogens (tertiary/aromatic N) is 2. The lowest BCUT2D eigenvalue weighted by Gasteiger charge is -2.31. The first-order valence-corrected chi connectivity index (χ1v) is 10.5. The van der Waals surface area contributed by atoms with E-state index in [1.165, 1.54) is 11.1 Å². The second-order valence-electron chi connectivity index (χ2n) is 7.78. The van der Waals surface area contributed by atoms with Crippen LogP contribution in [0.15, 0.2) is 71.2 Å². The number of benzene rings is 3. The number of carbonyl (C=O) groups excluding carboxylic acids is 1. The number of rotatable bonds is 4. The average molecular weight is 396 g/mol. The molecule has 0 spiro atoms. The Kier molecular flexibility index (Phi) is 5.06. The van der Waals surface area contributed by atoms with Crippen LogP contribution in [0, 0.1) is 0 Å². The number of fused-ring (bicyclic) bond motifs is 1. The zero-order valence-electron chi connectivity index (χ0n) is 16.9. The number of piperidine rings is 1. The van der Waals surface area contributed by atoms with Gasteiger partial charge in [-0.15, -0.1) is 0 Å². The van der Waals surface area contributed by atoms with E-state index >= 15 is 0 Å². The summed E-state index contributed by atoms with van der Waals surface area (Å²) in [4.78, 5) is 18.6. The van der Waals surface area contributed by atoms with E-state index in [1.807, 2.05) is 18.2 Å². The third-order valence-electron chi connectivity index (χ3n) is 5.93. The first-order valence-electron chi connectivity index (χ1n) is 10.5. The number of hydrogen-bond acceptors (Lipinski definition) is 4. The number of aliphatic imine (C=N–C) groups is 1. The maximum atomic E-state index is 11.9. The van der Waals surface area contributed by atoms with Crippen LogP contribution in [0.3, 0.4) is 0 Å². The summed E-state index contributed by atoms with van der Waals surface area (Å²) in [6, 6.07) is 20.7. The van der Waals surface area contributed by atoms with Crippen molar-refractivity contribution >= 4 is 34.7 Å². The Labute approximate surface area is 176 Å². The second kappa shape index (κ2) is 8.15. The van der Waals surface area contributed by atoms with Gasteiger partial charge in [-0.3, -0.25) is 4.79 Å². The maximum absolute atomic E-state index is 11.9. The van der Waals surface area contributed by atoms with E-state index in [4.69, 9.17) is 4.74 Å². The zero-order chi connectivity index (χ0) is 20.3. The van der Waals surface area contributed by atoms with E-state index < -0.39 is 0 Å². The van der Waals surface area contributed by atoms with Crippen molar-refractivity contribution in [3.05, 3.63) is 82.9 Å². The van der Waals surface area contributed by atoms with Gasteiger partial charge in [0.2, 0.25) is 5.90 Å². The Hall–Kier alpha value is -3.40. The summed E-state index contributed by atoms with van der Waals surface area (Å²) in [5, 5.41) is 2.14. The number of hydrogen-bond donors (Lipinski definition) is 0. The lowest BCUT2D eigenvalue weighted by atomic mass is 9.97. The molecule has 2 aliphatic heterocycles. The molecule has 0 N–H and O–H groups in total. The Morgan fingerprint density at radius 3 is 2.47 bits per heavy atom. The molecular formula is C26H24N2O2. The maximum Gasteiger partial charge on any atom is 0.216 e. The topological polar surface area (TPSA) is 41.9 Å². The predicted octanol–water partition coefficient (Wildman–Crippen LogP) is 5.11. The molecule has 150 valence electrons. The number of ether oxygens (including phenoxy) is 1. The molecule has 30 heavy (non-hydrogen) atoms. The van der Waals surface area contributed by atoms with Crippen LogP contribution in [0.25, 0.3) is 16.8 Å². The molecule has 2 heterocycles. The Morgan fingerprint density at radius 2 is 1.73 bits per heavy atom. The van der Waals surface area contributed by atoms with Crippen LogP contribution in [0.4, 0.5) is 5.69 Å². The highest BCUT2D eigenvalue weighted by Crippen LogP contribution is 2.31. The molecule has 0 aromatic heterocycles. The summed E-state index contributed by atoms with van der Waals surface area (Å²) >= 11 is 0. The van der Waals surface area contributed by atoms with Gasteiger partial charge in [0.05, 0.1) is 6.54 Å². The summed E-state index contributed by atoms with van der Waals surface area (Å²) in [5.74, 6) is 0.754. The fourth-order valence-corrected chi connectivity index (χ4v) is 4.33. The van der Waals surface area contributed by atoms with Gasteiger partial charge < -0.3 is 9.64 Å². The van der Waals surface area contributed by atoms with Gasteiger partial charge in [-0.1, -0.05) is 54.1 Å². The summed E-state index contributed by atoms with van der Waals surface area (Å²) in [6.07, 6.45) is 5.30. The highest BCUT2D eigenvalue weighted by atomic mass is 16.5. The normalized spacial score (nSPS) is 16.3. The van der Waals surface area contributed by atoms with Crippen LogP contribution in [0.5, 0.6) is 0 Å². The Morgan fingerprint density at radius 1 is 0.933 bits per heavy atom. The van der Waals surface area contributed by atoms with Crippen molar-refractivity contribution in [2.24, 2.45) is 4.99 Å². The number of carbonyl (C=O) groups is 1. The molecule has 0 radical (unpaired) electrons. The van der Waals surface area contributed by atoms with Gasteiger partial charge in [-0.05, 0) is 47.4 Å². The van der Waals surface area contributed by atoms with Crippen molar-refractivity contribution in [2.45, 2.75) is 12.8 Å². The summed E-state index contributed by atoms with van der Waals surface area (Å²) in [6.45, 7) is 3.28. The lowest BCUT2D eigenvalue weighted by Crippen LogP contribution is -2.31. The number of anilines is 1. The van der Waals surface area contributed by atoms with Gasteiger partial charge >= 0.3 is 0 Å². The Bertz CT molecular complexity index is 1140. The molecule has 0 bridgehead atoms. The van der Waals surface area contributed by atoms with Gasteiger partial charge in [0, 0.05) is 29.9 Å². The van der Waals surface area contributed by atoms with Crippen LogP contribution >= 0.6 is 0 Å². The van der Waals surface area contributed by atoms with E-state index in [1.54, 1.807) is 0 Å². The molecule has 0 saturated carbocycles. The van der Waals surface area contributed by atoms with Gasteiger partial charge in [0.25, 0.3) is 0 Å². The van der Waals surface area contributed by atoms with Crippen LogP contribution in [0.2, 0.25) is 0 Å². The van der Waals surface area contributed by atoms with Crippen LogP contribution in [-0.4, -0.2) is 38.4 Å². The predicted molar refractivity (Wildman–Crippen MR) is 123 cm³/mol. The second-order valence-corrected chi connectivity index (χ2v) is 7.78. The zero-order valence-corrected chi connectivity index (χ0v) is 16.9. The third kappa shape index (κ3) is 3.61. The molecule has 5 rings (SSSR count). The van der Waals surface area contributed by atoms with Crippen LogP contribution in [0.1, 0.15) is 34.3 Å². The molecule has 3 aromatic carbocycles. The highest BCUT2D eigenvalue weighted by molar-refractivity contribution is 6.03. The van der Waals surface area contributed by atoms with Crippen molar-refractivity contribution in [3.8, 4) is 0 Å². The molecule has 0 unspecified atom stereocenters. The van der Waals surface area contributed by atoms with Crippen molar-refractivity contribution in [3.63, 3.8) is 0 Å². The van der Waals surface area contributed by atoms with Crippen molar-refractivity contribution in [1.82, 2.24) is 0 Å². The van der Waals surface area contributed by atoms with Crippen molar-refractivity contribution in [1.29, 1.82) is 0 Å². The van der Waals surface area contributed by atoms with E-state index in [-0.39, 0.29) is 0 Å². The van der Waals surface area contributed by atoms with E-state index in [0.29, 0.717) is 6.61 Å². The molecule has 3 aromatic rings. The summed E-state index contributed by atoms with van der Waals surface area (Å²) in [5.41, 5.74) is 5.54. The minimum absolute atomic E-state index is 0.681.